The van der Waals surface area contributed by atoms with Crippen LogP contribution in [0.15, 0.2) is 97.2 Å². The maximum atomic E-state index is 13.5. The Hall–Kier alpha value is -3.30. The van der Waals surface area contributed by atoms with Crippen LogP contribution in [0.4, 0.5) is 0 Å². The van der Waals surface area contributed by atoms with E-state index < -0.39 is 0 Å². The largest absolute Gasteiger partial charge is 0.345 e. The first-order valence-electron chi connectivity index (χ1n) is 11.3. The van der Waals surface area contributed by atoms with Crippen molar-refractivity contribution in [1.82, 2.24) is 9.47 Å². The number of nitrogens with zero attached hydrogens (tertiary/aromatic N) is 2. The Balaban J connectivity index is 1.53. The molecule has 0 aliphatic rings. The van der Waals surface area contributed by atoms with Crippen molar-refractivity contribution < 1.29 is 4.79 Å². The van der Waals surface area contributed by atoms with Gasteiger partial charge in [-0.05, 0) is 59.0 Å². The Bertz CT molecular complexity index is 1200. The Morgan fingerprint density at radius 3 is 2.30 bits per heavy atom. The Morgan fingerprint density at radius 2 is 1.61 bits per heavy atom. The van der Waals surface area contributed by atoms with E-state index in [0.717, 1.165) is 34.0 Å². The van der Waals surface area contributed by atoms with Crippen LogP contribution in [-0.2, 0) is 13.1 Å². The van der Waals surface area contributed by atoms with Crippen molar-refractivity contribution in [2.45, 2.75) is 26.9 Å². The normalized spacial score (nSPS) is 11.0. The van der Waals surface area contributed by atoms with Gasteiger partial charge in [-0.15, -0.1) is 0 Å². The van der Waals surface area contributed by atoms with E-state index in [0.29, 0.717) is 24.6 Å². The highest BCUT2D eigenvalue weighted by atomic mass is 35.5. The van der Waals surface area contributed by atoms with E-state index in [2.05, 4.69) is 48.9 Å². The minimum absolute atomic E-state index is 0.0545. The van der Waals surface area contributed by atoms with E-state index in [1.165, 1.54) is 0 Å². The van der Waals surface area contributed by atoms with Crippen molar-refractivity contribution in [3.8, 4) is 11.1 Å². The monoisotopic (exact) mass is 456 g/mol. The van der Waals surface area contributed by atoms with Crippen LogP contribution in [0.2, 0.25) is 5.02 Å². The number of aromatic nitrogens is 1. The first kappa shape index (κ1) is 22.9. The molecular formula is C29H29ClN2O. The molecule has 4 aromatic rings. The number of carbonyl (C=O) groups excluding carboxylic acids is 1. The van der Waals surface area contributed by atoms with Crippen molar-refractivity contribution in [3.05, 3.63) is 119 Å². The van der Waals surface area contributed by atoms with Crippen molar-refractivity contribution in [1.29, 1.82) is 0 Å². The maximum absolute atomic E-state index is 13.5. The third-order valence-corrected chi connectivity index (χ3v) is 5.87. The number of benzene rings is 3. The van der Waals surface area contributed by atoms with Crippen LogP contribution < -0.4 is 0 Å². The van der Waals surface area contributed by atoms with E-state index in [-0.39, 0.29) is 5.91 Å². The summed E-state index contributed by atoms with van der Waals surface area (Å²) < 4.78 is 2.19. The van der Waals surface area contributed by atoms with E-state index in [1.54, 1.807) is 0 Å². The lowest BCUT2D eigenvalue weighted by Crippen LogP contribution is -2.34. The molecule has 0 aliphatic carbocycles. The third kappa shape index (κ3) is 5.94. The number of amides is 1. The molecule has 33 heavy (non-hydrogen) atoms. The summed E-state index contributed by atoms with van der Waals surface area (Å²) >= 11 is 6.16. The molecule has 3 nitrogen and oxygen atoms in total. The van der Waals surface area contributed by atoms with Gasteiger partial charge in [0.1, 0.15) is 0 Å². The standard InChI is InChI=1S/C29H29ClN2O/c1-22(2)19-32(21-28-12-7-17-31(28)20-23-8-6-11-27(30)18-23)29(33)26-15-13-25(14-16-26)24-9-4-3-5-10-24/h3-18,22H,19-21H2,1-2H3. The third-order valence-electron chi connectivity index (χ3n) is 5.63. The summed E-state index contributed by atoms with van der Waals surface area (Å²) in [6.45, 7) is 6.26. The van der Waals surface area contributed by atoms with Gasteiger partial charge in [0.05, 0.1) is 6.54 Å². The summed E-state index contributed by atoms with van der Waals surface area (Å²) in [6.07, 6.45) is 2.06. The molecule has 0 fully saturated rings. The molecule has 0 aliphatic heterocycles. The van der Waals surface area contributed by atoms with E-state index in [1.807, 2.05) is 71.6 Å². The lowest BCUT2D eigenvalue weighted by atomic mass is 10.0. The van der Waals surface area contributed by atoms with Gasteiger partial charge in [-0.3, -0.25) is 4.79 Å². The Kier molecular flexibility index (Phi) is 7.31. The Labute approximate surface area is 201 Å². The molecular weight excluding hydrogens is 428 g/mol. The smallest absolute Gasteiger partial charge is 0.254 e. The second-order valence-electron chi connectivity index (χ2n) is 8.78. The fraction of sp³-hybridized carbons (Fsp3) is 0.207. The molecule has 0 unspecified atom stereocenters. The van der Waals surface area contributed by atoms with E-state index >= 15 is 0 Å². The highest BCUT2D eigenvalue weighted by molar-refractivity contribution is 6.30. The van der Waals surface area contributed by atoms with Crippen molar-refractivity contribution in [2.75, 3.05) is 6.54 Å². The fourth-order valence-electron chi connectivity index (χ4n) is 4.05. The Morgan fingerprint density at radius 1 is 0.879 bits per heavy atom. The van der Waals surface area contributed by atoms with Crippen molar-refractivity contribution >= 4 is 17.5 Å². The molecule has 0 saturated heterocycles. The fourth-order valence-corrected chi connectivity index (χ4v) is 4.27. The molecule has 4 heteroatoms. The molecule has 4 rings (SSSR count). The summed E-state index contributed by atoms with van der Waals surface area (Å²) in [4.78, 5) is 15.4. The first-order valence-corrected chi connectivity index (χ1v) is 11.7. The molecule has 0 saturated carbocycles. The van der Waals surface area contributed by atoms with Gasteiger partial charge in [0.2, 0.25) is 0 Å². The summed E-state index contributed by atoms with van der Waals surface area (Å²) in [5.74, 6) is 0.424. The van der Waals surface area contributed by atoms with Crippen molar-refractivity contribution in [2.24, 2.45) is 5.92 Å². The zero-order valence-corrected chi connectivity index (χ0v) is 19.9. The average molecular weight is 457 g/mol. The van der Waals surface area contributed by atoms with Crippen molar-refractivity contribution in [3.63, 3.8) is 0 Å². The lowest BCUT2D eigenvalue weighted by molar-refractivity contribution is 0.0719. The number of hydrogen-bond donors (Lipinski definition) is 0. The highest BCUT2D eigenvalue weighted by Crippen LogP contribution is 2.21. The molecule has 1 heterocycles. The van der Waals surface area contributed by atoms with Crippen LogP contribution in [0, 0.1) is 5.92 Å². The zero-order valence-electron chi connectivity index (χ0n) is 19.1. The van der Waals surface area contributed by atoms with Gasteiger partial charge < -0.3 is 9.47 Å². The molecule has 1 aromatic heterocycles. The summed E-state index contributed by atoms with van der Waals surface area (Å²) in [7, 11) is 0. The molecule has 3 aromatic carbocycles. The average Bonchev–Trinajstić information content (AvgIpc) is 3.25. The lowest BCUT2D eigenvalue weighted by Gasteiger charge is -2.25. The second kappa shape index (κ2) is 10.5. The molecule has 168 valence electrons. The quantitative estimate of drug-likeness (QED) is 0.276. The molecule has 1 amide bonds. The number of carbonyl (C=O) groups is 1. The predicted octanol–water partition coefficient (Wildman–Crippen LogP) is 7.16. The number of hydrogen-bond acceptors (Lipinski definition) is 1. The minimum atomic E-state index is 0.0545. The zero-order chi connectivity index (χ0) is 23.2. The number of rotatable bonds is 8. The maximum Gasteiger partial charge on any atom is 0.254 e. The molecule has 0 N–H and O–H groups in total. The first-order chi connectivity index (χ1) is 16.0. The molecule has 0 bridgehead atoms. The highest BCUT2D eigenvalue weighted by Gasteiger charge is 2.19. The molecule has 0 radical (unpaired) electrons. The minimum Gasteiger partial charge on any atom is -0.345 e. The number of halogens is 1. The van der Waals surface area contributed by atoms with Crippen LogP contribution in [0.5, 0.6) is 0 Å². The van der Waals surface area contributed by atoms with Crippen LogP contribution >= 0.6 is 11.6 Å². The van der Waals surface area contributed by atoms with Gasteiger partial charge in [0.15, 0.2) is 0 Å². The van der Waals surface area contributed by atoms with Gasteiger partial charge in [-0.25, -0.2) is 0 Å². The summed E-state index contributed by atoms with van der Waals surface area (Å²) in [6, 6.07) is 30.2. The van der Waals surface area contributed by atoms with E-state index in [4.69, 9.17) is 11.6 Å². The van der Waals surface area contributed by atoms with Crippen LogP contribution in [0.1, 0.15) is 35.5 Å². The summed E-state index contributed by atoms with van der Waals surface area (Å²) in [5.41, 5.74) is 5.21. The second-order valence-corrected chi connectivity index (χ2v) is 9.22. The van der Waals surface area contributed by atoms with Gasteiger partial charge in [0, 0.05) is 35.6 Å². The topological polar surface area (TPSA) is 25.2 Å². The summed E-state index contributed by atoms with van der Waals surface area (Å²) in [5, 5.41) is 0.733. The van der Waals surface area contributed by atoms with Gasteiger partial charge in [-0.2, -0.15) is 0 Å². The van der Waals surface area contributed by atoms with Gasteiger partial charge >= 0.3 is 0 Å². The van der Waals surface area contributed by atoms with Crippen LogP contribution in [-0.4, -0.2) is 21.9 Å². The van der Waals surface area contributed by atoms with Crippen LogP contribution in [0.3, 0.4) is 0 Å². The molecule has 0 atom stereocenters. The SMILES string of the molecule is CC(C)CN(Cc1cccn1Cc1cccc(Cl)c1)C(=O)c1ccc(-c2ccccc2)cc1. The van der Waals surface area contributed by atoms with E-state index in [9.17, 15) is 4.79 Å². The predicted molar refractivity (Wildman–Crippen MR) is 136 cm³/mol. The van der Waals surface area contributed by atoms with Gasteiger partial charge in [-0.1, -0.05) is 80.0 Å². The van der Waals surface area contributed by atoms with Gasteiger partial charge in [0.25, 0.3) is 5.91 Å². The van der Waals surface area contributed by atoms with Crippen LogP contribution in [0.25, 0.3) is 11.1 Å². The molecule has 0 spiro atoms.